The molecule has 1 aliphatic rings. The zero-order chi connectivity index (χ0) is 21.6. The van der Waals surface area contributed by atoms with Gasteiger partial charge in [-0.2, -0.15) is 0 Å². The molecule has 8 heteroatoms. The summed E-state index contributed by atoms with van der Waals surface area (Å²) in [6.45, 7) is 5.22. The van der Waals surface area contributed by atoms with E-state index >= 15 is 0 Å². The van der Waals surface area contributed by atoms with Crippen LogP contribution >= 0.6 is 0 Å². The van der Waals surface area contributed by atoms with Gasteiger partial charge in [0, 0.05) is 23.7 Å². The van der Waals surface area contributed by atoms with Crippen LogP contribution < -0.4 is 14.8 Å². The highest BCUT2D eigenvalue weighted by Crippen LogP contribution is 2.24. The van der Waals surface area contributed by atoms with Gasteiger partial charge in [0.2, 0.25) is 0 Å². The number of esters is 1. The number of likely N-dealkylation sites (tertiary alicyclic amines) is 1. The Morgan fingerprint density at radius 3 is 2.14 bits per heavy atom. The van der Waals surface area contributed by atoms with Gasteiger partial charge in [-0.15, -0.1) is 0 Å². The first-order valence-corrected chi connectivity index (χ1v) is 9.79. The van der Waals surface area contributed by atoms with Gasteiger partial charge >= 0.3 is 5.97 Å². The molecule has 1 fully saturated rings. The van der Waals surface area contributed by atoms with Gasteiger partial charge in [-0.3, -0.25) is 14.4 Å². The fourth-order valence-corrected chi connectivity index (χ4v) is 3.55. The first-order valence-electron chi connectivity index (χ1n) is 9.79. The van der Waals surface area contributed by atoms with Crippen molar-refractivity contribution < 1.29 is 28.6 Å². The van der Waals surface area contributed by atoms with Gasteiger partial charge in [0.15, 0.2) is 6.10 Å². The van der Waals surface area contributed by atoms with Crippen molar-refractivity contribution in [1.29, 1.82) is 0 Å². The molecule has 1 heterocycles. The van der Waals surface area contributed by atoms with Gasteiger partial charge in [-0.05, 0) is 52.2 Å². The number of benzene rings is 1. The molecule has 8 nitrogen and oxygen atoms in total. The van der Waals surface area contributed by atoms with E-state index in [1.54, 1.807) is 17.9 Å². The van der Waals surface area contributed by atoms with Crippen molar-refractivity contribution in [2.75, 3.05) is 20.8 Å². The summed E-state index contributed by atoms with van der Waals surface area (Å²) in [6, 6.07) is 4.95. The van der Waals surface area contributed by atoms with Crippen LogP contribution in [0.15, 0.2) is 18.2 Å². The molecule has 3 atom stereocenters. The lowest BCUT2D eigenvalue weighted by atomic mass is 9.97. The van der Waals surface area contributed by atoms with Gasteiger partial charge in [-0.25, -0.2) is 0 Å². The van der Waals surface area contributed by atoms with Gasteiger partial charge in [0.25, 0.3) is 11.8 Å². The topological polar surface area (TPSA) is 94.2 Å². The van der Waals surface area contributed by atoms with E-state index in [2.05, 4.69) is 5.32 Å². The van der Waals surface area contributed by atoms with Crippen LogP contribution in [-0.4, -0.2) is 61.6 Å². The maximum absolute atomic E-state index is 12.7. The van der Waals surface area contributed by atoms with E-state index in [4.69, 9.17) is 14.2 Å². The molecule has 0 radical (unpaired) electrons. The molecule has 0 unspecified atom stereocenters. The molecule has 0 spiro atoms. The number of amides is 2. The van der Waals surface area contributed by atoms with E-state index in [-0.39, 0.29) is 30.1 Å². The molecule has 160 valence electrons. The van der Waals surface area contributed by atoms with Gasteiger partial charge in [0.1, 0.15) is 18.0 Å². The number of carbonyl (C=O) groups is 3. The summed E-state index contributed by atoms with van der Waals surface area (Å²) in [4.78, 5) is 38.9. The van der Waals surface area contributed by atoms with Crippen LogP contribution in [0.3, 0.4) is 0 Å². The van der Waals surface area contributed by atoms with E-state index in [0.717, 1.165) is 19.3 Å². The van der Waals surface area contributed by atoms with Crippen LogP contribution in [0.4, 0.5) is 0 Å². The molecule has 1 saturated heterocycles. The van der Waals surface area contributed by atoms with Crippen molar-refractivity contribution in [3.8, 4) is 11.5 Å². The summed E-state index contributed by atoms with van der Waals surface area (Å²) in [7, 11) is 2.96. The van der Waals surface area contributed by atoms with Crippen molar-refractivity contribution in [2.24, 2.45) is 0 Å². The minimum atomic E-state index is -0.903. The van der Waals surface area contributed by atoms with Crippen molar-refractivity contribution in [2.45, 2.75) is 58.2 Å². The number of hydrogen-bond acceptors (Lipinski definition) is 6. The molecule has 0 aliphatic carbocycles. The van der Waals surface area contributed by atoms with Gasteiger partial charge in [-0.1, -0.05) is 0 Å². The molecular formula is C21H30N2O6. The van der Waals surface area contributed by atoms with Crippen LogP contribution in [0.1, 0.15) is 50.4 Å². The number of piperidine rings is 1. The summed E-state index contributed by atoms with van der Waals surface area (Å²) >= 11 is 0. The third-order valence-corrected chi connectivity index (χ3v) is 5.11. The predicted molar refractivity (Wildman–Crippen MR) is 107 cm³/mol. The highest BCUT2D eigenvalue weighted by molar-refractivity contribution is 5.97. The van der Waals surface area contributed by atoms with E-state index in [9.17, 15) is 14.4 Å². The Morgan fingerprint density at radius 1 is 1.07 bits per heavy atom. The summed E-state index contributed by atoms with van der Waals surface area (Å²) in [6.07, 6.45) is 2.06. The third-order valence-electron chi connectivity index (χ3n) is 5.11. The number of carbonyl (C=O) groups excluding carboxylic acids is 3. The van der Waals surface area contributed by atoms with E-state index in [1.807, 2.05) is 13.8 Å². The lowest BCUT2D eigenvalue weighted by molar-refractivity contribution is -0.161. The first-order chi connectivity index (χ1) is 13.8. The maximum Gasteiger partial charge on any atom is 0.326 e. The SMILES string of the molecule is COc1cc(OC)cc(C(=O)NCC(=O)O[C@H](C)C(=O)N2[C@H](C)CCC[C@H]2C)c1. The van der Waals surface area contributed by atoms with Crippen molar-refractivity contribution >= 4 is 17.8 Å². The molecule has 2 amide bonds. The molecule has 2 rings (SSSR count). The lowest BCUT2D eigenvalue weighted by Crippen LogP contribution is -2.51. The average molecular weight is 406 g/mol. The molecule has 1 aromatic rings. The molecule has 0 saturated carbocycles. The quantitative estimate of drug-likeness (QED) is 0.698. The maximum atomic E-state index is 12.7. The lowest BCUT2D eigenvalue weighted by Gasteiger charge is -2.40. The summed E-state index contributed by atoms with van der Waals surface area (Å²) < 4.78 is 15.5. The number of nitrogens with zero attached hydrogens (tertiary/aromatic N) is 1. The Kier molecular flexibility index (Phi) is 7.87. The van der Waals surface area contributed by atoms with Crippen LogP contribution in [0.25, 0.3) is 0 Å². The van der Waals surface area contributed by atoms with E-state index < -0.39 is 18.0 Å². The summed E-state index contributed by atoms with van der Waals surface area (Å²) in [5.41, 5.74) is 0.286. The van der Waals surface area contributed by atoms with Crippen LogP contribution in [0.2, 0.25) is 0 Å². The molecule has 0 aromatic heterocycles. The number of nitrogens with one attached hydrogen (secondary N) is 1. The van der Waals surface area contributed by atoms with E-state index in [0.29, 0.717) is 11.5 Å². The fourth-order valence-electron chi connectivity index (χ4n) is 3.55. The Hall–Kier alpha value is -2.77. The minimum absolute atomic E-state index is 0.121. The molecule has 1 aliphatic heterocycles. The third kappa shape index (κ3) is 5.85. The minimum Gasteiger partial charge on any atom is -0.497 e. The van der Waals surface area contributed by atoms with Crippen LogP contribution in [0, 0.1) is 0 Å². The van der Waals surface area contributed by atoms with Crippen LogP contribution in [0.5, 0.6) is 11.5 Å². The Balaban J connectivity index is 1.90. The zero-order valence-corrected chi connectivity index (χ0v) is 17.7. The Labute approximate surface area is 171 Å². The average Bonchev–Trinajstić information content (AvgIpc) is 2.71. The monoisotopic (exact) mass is 406 g/mol. The van der Waals surface area contributed by atoms with Crippen molar-refractivity contribution in [3.05, 3.63) is 23.8 Å². The second kappa shape index (κ2) is 10.1. The Bertz CT molecular complexity index is 718. The molecule has 1 aromatic carbocycles. The molecule has 0 bridgehead atoms. The molecular weight excluding hydrogens is 376 g/mol. The highest BCUT2D eigenvalue weighted by Gasteiger charge is 2.33. The highest BCUT2D eigenvalue weighted by atomic mass is 16.5. The van der Waals surface area contributed by atoms with E-state index in [1.165, 1.54) is 26.4 Å². The standard InChI is InChI=1S/C21H30N2O6/c1-13-7-6-8-14(2)23(13)21(26)15(3)29-19(24)12-22-20(25)16-9-17(27-4)11-18(10-16)28-5/h9-11,13-15H,6-8,12H2,1-5H3,(H,22,25)/t13-,14-,15-/m1/s1. The summed E-state index contributed by atoms with van der Waals surface area (Å²) in [5.74, 6) is -0.438. The first kappa shape index (κ1) is 22.5. The van der Waals surface area contributed by atoms with Gasteiger partial charge < -0.3 is 24.4 Å². The molecule has 1 N–H and O–H groups in total. The van der Waals surface area contributed by atoms with Crippen molar-refractivity contribution in [3.63, 3.8) is 0 Å². The fraction of sp³-hybridized carbons (Fsp3) is 0.571. The zero-order valence-electron chi connectivity index (χ0n) is 17.7. The second-order valence-electron chi connectivity index (χ2n) is 7.29. The molecule has 29 heavy (non-hydrogen) atoms. The smallest absolute Gasteiger partial charge is 0.326 e. The number of rotatable bonds is 7. The van der Waals surface area contributed by atoms with Gasteiger partial charge in [0.05, 0.1) is 14.2 Å². The number of ether oxygens (including phenoxy) is 3. The normalized spacial score (nSPS) is 19.8. The van der Waals surface area contributed by atoms with Crippen molar-refractivity contribution in [1.82, 2.24) is 10.2 Å². The Morgan fingerprint density at radius 2 is 1.62 bits per heavy atom. The largest absolute Gasteiger partial charge is 0.497 e. The predicted octanol–water partition coefficient (Wildman–Crippen LogP) is 2.15. The number of methoxy groups -OCH3 is 2. The summed E-state index contributed by atoms with van der Waals surface area (Å²) in [5, 5.41) is 2.49. The van der Waals surface area contributed by atoms with Crippen LogP contribution in [-0.2, 0) is 14.3 Å². The second-order valence-corrected chi connectivity index (χ2v) is 7.29. The number of hydrogen-bond donors (Lipinski definition) is 1.